The van der Waals surface area contributed by atoms with E-state index >= 15 is 0 Å². The van der Waals surface area contributed by atoms with Gasteiger partial charge in [0.05, 0.1) is 5.69 Å². The molecule has 2 rings (SSSR count). The molecule has 4 heteroatoms. The summed E-state index contributed by atoms with van der Waals surface area (Å²) in [5, 5.41) is 18.9. The quantitative estimate of drug-likeness (QED) is 0.503. The average molecular weight is 257 g/mol. The number of aryl methyl sites for hydroxylation is 1. The third kappa shape index (κ3) is 2.85. The SMILES string of the molecule is CCn1cccc1C(=O)/C=C/c1cc(O)ccc1O. The van der Waals surface area contributed by atoms with Crippen LogP contribution in [0.1, 0.15) is 23.0 Å². The zero-order valence-corrected chi connectivity index (χ0v) is 10.6. The summed E-state index contributed by atoms with van der Waals surface area (Å²) < 4.78 is 1.84. The number of nitrogens with zero attached hydrogens (tertiary/aromatic N) is 1. The summed E-state index contributed by atoms with van der Waals surface area (Å²) in [6.45, 7) is 2.68. The molecule has 0 atom stereocenters. The number of rotatable bonds is 4. The minimum absolute atomic E-state index is 0.0210. The molecule has 0 spiro atoms. The lowest BCUT2D eigenvalue weighted by Crippen LogP contribution is -2.04. The molecule has 0 amide bonds. The molecule has 19 heavy (non-hydrogen) atoms. The summed E-state index contributed by atoms with van der Waals surface area (Å²) in [6, 6.07) is 7.73. The van der Waals surface area contributed by atoms with Gasteiger partial charge in [0.25, 0.3) is 0 Å². The molecule has 0 aliphatic heterocycles. The highest BCUT2D eigenvalue weighted by Crippen LogP contribution is 2.23. The number of hydrogen-bond donors (Lipinski definition) is 2. The van der Waals surface area contributed by atoms with Gasteiger partial charge in [-0.25, -0.2) is 0 Å². The molecule has 0 unspecified atom stereocenters. The van der Waals surface area contributed by atoms with E-state index in [1.807, 2.05) is 23.8 Å². The van der Waals surface area contributed by atoms with E-state index in [9.17, 15) is 15.0 Å². The van der Waals surface area contributed by atoms with Gasteiger partial charge < -0.3 is 14.8 Å². The van der Waals surface area contributed by atoms with Crippen molar-refractivity contribution >= 4 is 11.9 Å². The van der Waals surface area contributed by atoms with Crippen molar-refractivity contribution in [1.82, 2.24) is 4.57 Å². The van der Waals surface area contributed by atoms with Gasteiger partial charge in [-0.05, 0) is 49.4 Å². The van der Waals surface area contributed by atoms with Gasteiger partial charge >= 0.3 is 0 Å². The van der Waals surface area contributed by atoms with Crippen LogP contribution < -0.4 is 0 Å². The Morgan fingerprint density at radius 3 is 2.84 bits per heavy atom. The number of benzene rings is 1. The van der Waals surface area contributed by atoms with Crippen LogP contribution in [0.2, 0.25) is 0 Å². The summed E-state index contributed by atoms with van der Waals surface area (Å²) in [5.41, 5.74) is 1.00. The normalized spacial score (nSPS) is 11.0. The standard InChI is InChI=1S/C15H15NO3/c1-2-16-9-3-4-13(16)15(19)7-5-11-10-12(17)6-8-14(11)18/h3-10,17-18H,2H2,1H3/b7-5+. The number of hydrogen-bond acceptors (Lipinski definition) is 3. The Morgan fingerprint density at radius 2 is 2.11 bits per heavy atom. The molecule has 0 bridgehead atoms. The van der Waals surface area contributed by atoms with Gasteiger partial charge in [0.15, 0.2) is 0 Å². The summed E-state index contributed by atoms with van der Waals surface area (Å²) in [7, 11) is 0. The zero-order valence-electron chi connectivity index (χ0n) is 10.6. The van der Waals surface area contributed by atoms with Crippen molar-refractivity contribution in [2.24, 2.45) is 0 Å². The van der Waals surface area contributed by atoms with Gasteiger partial charge in [-0.2, -0.15) is 0 Å². The maximum Gasteiger partial charge on any atom is 0.202 e. The zero-order chi connectivity index (χ0) is 13.8. The molecule has 0 aliphatic carbocycles. The largest absolute Gasteiger partial charge is 0.508 e. The molecule has 4 nitrogen and oxygen atoms in total. The van der Waals surface area contributed by atoms with E-state index in [1.165, 1.54) is 30.4 Å². The van der Waals surface area contributed by atoms with Gasteiger partial charge in [-0.15, -0.1) is 0 Å². The van der Waals surface area contributed by atoms with Crippen molar-refractivity contribution in [3.8, 4) is 11.5 Å². The van der Waals surface area contributed by atoms with E-state index in [2.05, 4.69) is 0 Å². The number of carbonyl (C=O) groups excluding carboxylic acids is 1. The molecule has 1 heterocycles. The molecule has 1 aromatic heterocycles. The molecule has 0 radical (unpaired) electrons. The number of phenolic OH excluding ortho intramolecular Hbond substituents is 2. The highest BCUT2D eigenvalue weighted by Gasteiger charge is 2.07. The van der Waals surface area contributed by atoms with Crippen LogP contribution in [0.3, 0.4) is 0 Å². The van der Waals surface area contributed by atoms with Crippen molar-refractivity contribution < 1.29 is 15.0 Å². The van der Waals surface area contributed by atoms with E-state index < -0.39 is 0 Å². The fourth-order valence-electron chi connectivity index (χ4n) is 1.84. The highest BCUT2D eigenvalue weighted by atomic mass is 16.3. The lowest BCUT2D eigenvalue weighted by molar-refractivity contribution is 0.103. The number of phenols is 2. The first-order valence-corrected chi connectivity index (χ1v) is 6.01. The van der Waals surface area contributed by atoms with Crippen LogP contribution >= 0.6 is 0 Å². The van der Waals surface area contributed by atoms with Crippen LogP contribution in [0.4, 0.5) is 0 Å². The number of carbonyl (C=O) groups is 1. The van der Waals surface area contributed by atoms with Crippen LogP contribution in [-0.4, -0.2) is 20.6 Å². The number of aromatic hydroxyl groups is 2. The molecule has 98 valence electrons. The Morgan fingerprint density at radius 1 is 1.32 bits per heavy atom. The Labute approximate surface area is 111 Å². The van der Waals surface area contributed by atoms with E-state index in [0.29, 0.717) is 11.3 Å². The van der Waals surface area contributed by atoms with Gasteiger partial charge in [0.2, 0.25) is 5.78 Å². The molecule has 0 aliphatic rings. The summed E-state index contributed by atoms with van der Waals surface area (Å²) in [6.07, 6.45) is 4.72. The first-order chi connectivity index (χ1) is 9.11. The number of aromatic nitrogens is 1. The second-order valence-corrected chi connectivity index (χ2v) is 4.12. The molecule has 0 saturated heterocycles. The number of allylic oxidation sites excluding steroid dienone is 1. The second kappa shape index (κ2) is 5.44. The predicted octanol–water partition coefficient (Wildman–Crippen LogP) is 2.82. The molecular formula is C15H15NO3. The summed E-state index contributed by atoms with van der Waals surface area (Å²) in [5.74, 6) is -0.0795. The maximum absolute atomic E-state index is 12.0. The first-order valence-electron chi connectivity index (χ1n) is 6.01. The van der Waals surface area contributed by atoms with E-state index in [0.717, 1.165) is 6.54 Å². The van der Waals surface area contributed by atoms with Crippen molar-refractivity contribution in [3.05, 3.63) is 53.9 Å². The predicted molar refractivity (Wildman–Crippen MR) is 73.2 cm³/mol. The molecule has 2 aromatic rings. The second-order valence-electron chi connectivity index (χ2n) is 4.12. The fraction of sp³-hybridized carbons (Fsp3) is 0.133. The van der Waals surface area contributed by atoms with Crippen molar-refractivity contribution in [3.63, 3.8) is 0 Å². The first kappa shape index (κ1) is 13.0. The smallest absolute Gasteiger partial charge is 0.202 e. The Kier molecular flexibility index (Phi) is 3.71. The highest BCUT2D eigenvalue weighted by molar-refractivity contribution is 6.05. The molecule has 2 N–H and O–H groups in total. The van der Waals surface area contributed by atoms with Gasteiger partial charge in [-0.3, -0.25) is 4.79 Å². The monoisotopic (exact) mass is 257 g/mol. The summed E-state index contributed by atoms with van der Waals surface area (Å²) >= 11 is 0. The Bertz CT molecular complexity index is 626. The molecule has 1 aromatic carbocycles. The van der Waals surface area contributed by atoms with Crippen molar-refractivity contribution in [2.45, 2.75) is 13.5 Å². The minimum atomic E-state index is -0.144. The van der Waals surface area contributed by atoms with Crippen molar-refractivity contribution in [2.75, 3.05) is 0 Å². The van der Waals surface area contributed by atoms with Gasteiger partial charge in [-0.1, -0.05) is 0 Å². The Balaban J connectivity index is 2.23. The van der Waals surface area contributed by atoms with E-state index in [-0.39, 0.29) is 17.3 Å². The van der Waals surface area contributed by atoms with Crippen molar-refractivity contribution in [1.29, 1.82) is 0 Å². The van der Waals surface area contributed by atoms with Crippen LogP contribution in [0, 0.1) is 0 Å². The molecular weight excluding hydrogens is 242 g/mol. The van der Waals surface area contributed by atoms with Crippen LogP contribution in [0.25, 0.3) is 6.08 Å². The topological polar surface area (TPSA) is 62.5 Å². The molecule has 0 fully saturated rings. The van der Waals surface area contributed by atoms with Gasteiger partial charge in [0, 0.05) is 18.3 Å². The number of ketones is 1. The third-order valence-corrected chi connectivity index (χ3v) is 2.85. The van der Waals surface area contributed by atoms with E-state index in [4.69, 9.17) is 0 Å². The lowest BCUT2D eigenvalue weighted by Gasteiger charge is -2.02. The van der Waals surface area contributed by atoms with Gasteiger partial charge in [0.1, 0.15) is 11.5 Å². The minimum Gasteiger partial charge on any atom is -0.508 e. The maximum atomic E-state index is 12.0. The molecule has 0 saturated carbocycles. The van der Waals surface area contributed by atoms with Crippen LogP contribution in [0.15, 0.2) is 42.6 Å². The lowest BCUT2D eigenvalue weighted by atomic mass is 10.1. The average Bonchev–Trinajstić information content (AvgIpc) is 2.88. The summed E-state index contributed by atoms with van der Waals surface area (Å²) in [4.78, 5) is 12.0. The van der Waals surface area contributed by atoms with Crippen LogP contribution in [-0.2, 0) is 6.54 Å². The fourth-order valence-corrected chi connectivity index (χ4v) is 1.84. The third-order valence-electron chi connectivity index (χ3n) is 2.85. The van der Waals surface area contributed by atoms with E-state index in [1.54, 1.807) is 6.07 Å². The van der Waals surface area contributed by atoms with Crippen LogP contribution in [0.5, 0.6) is 11.5 Å². The Hall–Kier alpha value is -2.49.